The van der Waals surface area contributed by atoms with Crippen molar-refractivity contribution in [3.8, 4) is 0 Å². The van der Waals surface area contributed by atoms with Gasteiger partial charge in [-0.3, -0.25) is 0 Å². The van der Waals surface area contributed by atoms with E-state index in [-0.39, 0.29) is 11.5 Å². The molecule has 0 aromatic heterocycles. The van der Waals surface area contributed by atoms with Gasteiger partial charge in [0, 0.05) is 18.6 Å². The molecule has 1 heterocycles. The van der Waals surface area contributed by atoms with E-state index in [2.05, 4.69) is 0 Å². The summed E-state index contributed by atoms with van der Waals surface area (Å²) in [6.07, 6.45) is 3.05. The van der Waals surface area contributed by atoms with Gasteiger partial charge in [0.05, 0.1) is 12.7 Å². The second kappa shape index (κ2) is 2.98. The van der Waals surface area contributed by atoms with Crippen LogP contribution in [0.5, 0.6) is 0 Å². The first-order valence-electron chi connectivity index (χ1n) is 4.74. The molecule has 0 amide bonds. The first kappa shape index (κ1) is 8.48. The third kappa shape index (κ3) is 1.26. The molecule has 2 rings (SSSR count). The Morgan fingerprint density at radius 1 is 1.58 bits per heavy atom. The fourth-order valence-corrected chi connectivity index (χ4v) is 2.05. The van der Waals surface area contributed by atoms with Crippen LogP contribution in [-0.2, 0) is 4.74 Å². The van der Waals surface area contributed by atoms with E-state index in [9.17, 15) is 5.11 Å². The fraction of sp³-hybridized carbons (Fsp3) is 1.00. The molecule has 3 heteroatoms. The summed E-state index contributed by atoms with van der Waals surface area (Å²) in [5.41, 5.74) is 5.59. The standard InChI is InChI=1S/C9H17NO2/c10-5-9(3-4-12-6-9)8(11)7-1-2-7/h7-8,11H,1-6,10H2. The van der Waals surface area contributed by atoms with Crippen molar-refractivity contribution in [2.24, 2.45) is 17.1 Å². The maximum Gasteiger partial charge on any atom is 0.0659 e. The summed E-state index contributed by atoms with van der Waals surface area (Å²) >= 11 is 0. The molecule has 0 radical (unpaired) electrons. The maximum atomic E-state index is 9.98. The van der Waals surface area contributed by atoms with E-state index in [0.717, 1.165) is 13.0 Å². The Morgan fingerprint density at radius 2 is 2.33 bits per heavy atom. The Labute approximate surface area is 72.9 Å². The average Bonchev–Trinajstić information content (AvgIpc) is 2.83. The Balaban J connectivity index is 2.03. The Kier molecular flexibility index (Phi) is 2.10. The number of nitrogens with two attached hydrogens (primary N) is 1. The van der Waals surface area contributed by atoms with Gasteiger partial charge in [0.15, 0.2) is 0 Å². The Bertz CT molecular complexity index is 162. The van der Waals surface area contributed by atoms with Crippen molar-refractivity contribution >= 4 is 0 Å². The van der Waals surface area contributed by atoms with Crippen molar-refractivity contribution in [3.05, 3.63) is 0 Å². The molecule has 0 bridgehead atoms. The molecule has 1 aliphatic carbocycles. The predicted molar refractivity (Wildman–Crippen MR) is 45.7 cm³/mol. The first-order valence-corrected chi connectivity index (χ1v) is 4.74. The molecular formula is C9H17NO2. The minimum Gasteiger partial charge on any atom is -0.392 e. The third-order valence-electron chi connectivity index (χ3n) is 3.24. The van der Waals surface area contributed by atoms with Crippen LogP contribution in [0.3, 0.4) is 0 Å². The zero-order valence-corrected chi connectivity index (χ0v) is 7.33. The van der Waals surface area contributed by atoms with Crippen molar-refractivity contribution in [2.45, 2.75) is 25.4 Å². The summed E-state index contributed by atoms with van der Waals surface area (Å²) in [6, 6.07) is 0. The highest BCUT2D eigenvalue weighted by molar-refractivity contribution is 4.97. The second-order valence-electron chi connectivity index (χ2n) is 4.15. The average molecular weight is 171 g/mol. The molecule has 1 saturated carbocycles. The Hall–Kier alpha value is -0.120. The van der Waals surface area contributed by atoms with Gasteiger partial charge in [-0.15, -0.1) is 0 Å². The van der Waals surface area contributed by atoms with Crippen LogP contribution in [-0.4, -0.2) is 31.0 Å². The van der Waals surface area contributed by atoms with Gasteiger partial charge in [-0.1, -0.05) is 0 Å². The number of ether oxygens (including phenoxy) is 1. The van der Waals surface area contributed by atoms with E-state index in [4.69, 9.17) is 10.5 Å². The quantitative estimate of drug-likeness (QED) is 0.634. The minimum absolute atomic E-state index is 0.110. The lowest BCUT2D eigenvalue weighted by Crippen LogP contribution is -2.43. The van der Waals surface area contributed by atoms with Gasteiger partial charge in [-0.25, -0.2) is 0 Å². The summed E-state index contributed by atoms with van der Waals surface area (Å²) in [5.74, 6) is 0.509. The van der Waals surface area contributed by atoms with Gasteiger partial charge < -0.3 is 15.6 Å². The minimum atomic E-state index is -0.218. The summed E-state index contributed by atoms with van der Waals surface area (Å²) < 4.78 is 5.31. The summed E-state index contributed by atoms with van der Waals surface area (Å²) in [7, 11) is 0. The van der Waals surface area contributed by atoms with Gasteiger partial charge in [-0.05, 0) is 25.2 Å². The molecule has 0 aromatic carbocycles. The SMILES string of the molecule is NCC1(C(O)C2CC2)CCOC1. The van der Waals surface area contributed by atoms with Gasteiger partial charge in [-0.2, -0.15) is 0 Å². The lowest BCUT2D eigenvalue weighted by Gasteiger charge is -2.31. The molecule has 2 fully saturated rings. The summed E-state index contributed by atoms with van der Waals surface area (Å²) in [5, 5.41) is 9.98. The molecule has 0 aromatic rings. The molecule has 3 N–H and O–H groups in total. The van der Waals surface area contributed by atoms with Gasteiger partial charge in [0.25, 0.3) is 0 Å². The first-order chi connectivity index (χ1) is 5.78. The number of hydrogen-bond acceptors (Lipinski definition) is 3. The molecule has 3 nitrogen and oxygen atoms in total. The van der Waals surface area contributed by atoms with E-state index in [1.165, 1.54) is 12.8 Å². The topological polar surface area (TPSA) is 55.5 Å². The van der Waals surface area contributed by atoms with Crippen LogP contribution < -0.4 is 5.73 Å². The molecule has 1 aliphatic heterocycles. The highest BCUT2D eigenvalue weighted by Crippen LogP contribution is 2.43. The number of aliphatic hydroxyl groups is 1. The summed E-state index contributed by atoms with van der Waals surface area (Å²) in [6.45, 7) is 1.98. The van der Waals surface area contributed by atoms with Crippen molar-refractivity contribution < 1.29 is 9.84 Å². The van der Waals surface area contributed by atoms with Crippen LogP contribution in [0.1, 0.15) is 19.3 Å². The van der Waals surface area contributed by atoms with Crippen LogP contribution in [0.4, 0.5) is 0 Å². The van der Waals surface area contributed by atoms with Gasteiger partial charge in [0.2, 0.25) is 0 Å². The second-order valence-corrected chi connectivity index (χ2v) is 4.15. The highest BCUT2D eigenvalue weighted by atomic mass is 16.5. The van der Waals surface area contributed by atoms with Crippen LogP contribution in [0, 0.1) is 11.3 Å². The molecule has 0 spiro atoms. The molecule has 12 heavy (non-hydrogen) atoms. The zero-order chi connectivity index (χ0) is 8.60. The zero-order valence-electron chi connectivity index (χ0n) is 7.33. The van der Waals surface area contributed by atoms with Crippen LogP contribution >= 0.6 is 0 Å². The van der Waals surface area contributed by atoms with Crippen molar-refractivity contribution in [1.29, 1.82) is 0 Å². The number of hydrogen-bond donors (Lipinski definition) is 2. The maximum absolute atomic E-state index is 9.98. The lowest BCUT2D eigenvalue weighted by atomic mass is 9.79. The van der Waals surface area contributed by atoms with Crippen LogP contribution in [0.2, 0.25) is 0 Å². The third-order valence-corrected chi connectivity index (χ3v) is 3.24. The molecule has 2 atom stereocenters. The highest BCUT2D eigenvalue weighted by Gasteiger charge is 2.47. The van der Waals surface area contributed by atoms with E-state index in [1.54, 1.807) is 0 Å². The molecular weight excluding hydrogens is 154 g/mol. The fourth-order valence-electron chi connectivity index (χ4n) is 2.05. The monoisotopic (exact) mass is 171 g/mol. The molecule has 70 valence electrons. The summed E-state index contributed by atoms with van der Waals surface area (Å²) in [4.78, 5) is 0. The van der Waals surface area contributed by atoms with Crippen molar-refractivity contribution in [1.82, 2.24) is 0 Å². The number of aliphatic hydroxyl groups excluding tert-OH is 1. The lowest BCUT2D eigenvalue weighted by molar-refractivity contribution is 0.00558. The van der Waals surface area contributed by atoms with Gasteiger partial charge >= 0.3 is 0 Å². The van der Waals surface area contributed by atoms with E-state index >= 15 is 0 Å². The van der Waals surface area contributed by atoms with E-state index in [1.807, 2.05) is 0 Å². The van der Waals surface area contributed by atoms with Crippen molar-refractivity contribution in [2.75, 3.05) is 19.8 Å². The normalized spacial score (nSPS) is 38.5. The van der Waals surface area contributed by atoms with Crippen LogP contribution in [0.25, 0.3) is 0 Å². The smallest absolute Gasteiger partial charge is 0.0659 e. The largest absolute Gasteiger partial charge is 0.392 e. The number of rotatable bonds is 3. The predicted octanol–water partition coefficient (Wildman–Crippen LogP) is 0.123. The molecule has 1 saturated heterocycles. The molecule has 2 aliphatic rings. The van der Waals surface area contributed by atoms with E-state index < -0.39 is 0 Å². The molecule has 2 unspecified atom stereocenters. The van der Waals surface area contributed by atoms with Crippen LogP contribution in [0.15, 0.2) is 0 Å². The van der Waals surface area contributed by atoms with E-state index in [0.29, 0.717) is 19.1 Å². The van der Waals surface area contributed by atoms with Crippen molar-refractivity contribution in [3.63, 3.8) is 0 Å². The Morgan fingerprint density at radius 3 is 2.75 bits per heavy atom. The van der Waals surface area contributed by atoms with Gasteiger partial charge in [0.1, 0.15) is 0 Å².